The van der Waals surface area contributed by atoms with Crippen molar-refractivity contribution in [3.8, 4) is 23.2 Å². The Morgan fingerprint density at radius 3 is 2.82 bits per heavy atom. The van der Waals surface area contributed by atoms with Crippen molar-refractivity contribution in [3.05, 3.63) is 42.0 Å². The lowest BCUT2D eigenvalue weighted by Gasteiger charge is -2.06. The zero-order chi connectivity index (χ0) is 12.3. The third kappa shape index (κ3) is 2.06. The summed E-state index contributed by atoms with van der Waals surface area (Å²) in [5.41, 5.74) is 0.876. The third-order valence-electron chi connectivity index (χ3n) is 2.21. The number of nitrogens with zero attached hydrogens (tertiary/aromatic N) is 3. The summed E-state index contributed by atoms with van der Waals surface area (Å²) in [6.07, 6.45) is 1.57. The molecule has 0 saturated carbocycles. The third-order valence-corrected chi connectivity index (χ3v) is 2.21. The van der Waals surface area contributed by atoms with E-state index in [1.807, 2.05) is 0 Å². The maximum absolute atomic E-state index is 13.4. The van der Waals surface area contributed by atoms with Gasteiger partial charge in [0, 0.05) is 6.20 Å². The van der Waals surface area contributed by atoms with Gasteiger partial charge in [0.25, 0.3) is 0 Å². The van der Waals surface area contributed by atoms with Gasteiger partial charge in [-0.05, 0) is 24.3 Å². The number of ether oxygens (including phenoxy) is 1. The molecule has 0 aromatic carbocycles. The van der Waals surface area contributed by atoms with E-state index >= 15 is 0 Å². The van der Waals surface area contributed by atoms with Crippen molar-refractivity contribution in [3.63, 3.8) is 0 Å². The molecule has 0 fully saturated rings. The van der Waals surface area contributed by atoms with Crippen LogP contribution in [0.1, 0.15) is 5.56 Å². The molecule has 0 aliphatic heterocycles. The number of hydrogen-bond acceptors (Lipinski definition) is 4. The van der Waals surface area contributed by atoms with Gasteiger partial charge in [-0.2, -0.15) is 9.65 Å². The Balaban J connectivity index is 2.54. The van der Waals surface area contributed by atoms with Crippen molar-refractivity contribution in [2.75, 3.05) is 7.11 Å². The van der Waals surface area contributed by atoms with E-state index in [1.165, 1.54) is 13.2 Å². The van der Waals surface area contributed by atoms with E-state index in [2.05, 4.69) is 9.97 Å². The summed E-state index contributed by atoms with van der Waals surface area (Å²) in [5, 5.41) is 8.61. The number of hydrogen-bond donors (Lipinski definition) is 0. The molecule has 0 saturated heterocycles. The Morgan fingerprint density at radius 2 is 2.18 bits per heavy atom. The fraction of sp³-hybridized carbons (Fsp3) is 0.0833. The first kappa shape index (κ1) is 11.0. The van der Waals surface area contributed by atoms with E-state index in [1.54, 1.807) is 30.5 Å². The van der Waals surface area contributed by atoms with Gasteiger partial charge in [-0.15, -0.1) is 0 Å². The molecule has 2 rings (SSSR count). The van der Waals surface area contributed by atoms with E-state index in [4.69, 9.17) is 10.00 Å². The van der Waals surface area contributed by atoms with Gasteiger partial charge in [0.1, 0.15) is 11.6 Å². The van der Waals surface area contributed by atoms with Crippen LogP contribution in [-0.2, 0) is 0 Å². The van der Waals surface area contributed by atoms with Gasteiger partial charge < -0.3 is 4.74 Å². The van der Waals surface area contributed by atoms with Crippen molar-refractivity contribution in [2.45, 2.75) is 0 Å². The average Bonchev–Trinajstić information content (AvgIpc) is 2.38. The molecule has 0 aliphatic rings. The minimum absolute atomic E-state index is 0.0865. The zero-order valence-corrected chi connectivity index (χ0v) is 9.01. The molecule has 2 aromatic heterocycles. The Labute approximate surface area is 97.3 Å². The molecule has 0 atom stereocenters. The predicted octanol–water partition coefficient (Wildman–Crippen LogP) is 2.16. The SMILES string of the molecule is COc1ncccc1-c1ccc(C#N)c(F)n1. The first-order valence-electron chi connectivity index (χ1n) is 4.82. The van der Waals surface area contributed by atoms with E-state index < -0.39 is 5.95 Å². The normalized spacial score (nSPS) is 9.71. The van der Waals surface area contributed by atoms with Crippen LogP contribution in [0, 0.1) is 17.3 Å². The Hall–Kier alpha value is -2.48. The van der Waals surface area contributed by atoms with E-state index in [9.17, 15) is 4.39 Å². The first-order chi connectivity index (χ1) is 8.26. The highest BCUT2D eigenvalue weighted by Gasteiger charge is 2.10. The molecule has 0 bridgehead atoms. The maximum atomic E-state index is 13.4. The molecule has 0 N–H and O–H groups in total. The van der Waals surface area contributed by atoms with Crippen LogP contribution in [0.25, 0.3) is 11.3 Å². The molecule has 5 heteroatoms. The lowest BCUT2D eigenvalue weighted by atomic mass is 10.1. The van der Waals surface area contributed by atoms with Gasteiger partial charge in [-0.25, -0.2) is 9.97 Å². The second-order valence-electron chi connectivity index (χ2n) is 3.21. The van der Waals surface area contributed by atoms with Crippen LogP contribution in [0.15, 0.2) is 30.5 Å². The van der Waals surface area contributed by atoms with Gasteiger partial charge in [0.2, 0.25) is 11.8 Å². The number of pyridine rings is 2. The molecule has 0 unspecified atom stereocenters. The second-order valence-corrected chi connectivity index (χ2v) is 3.21. The van der Waals surface area contributed by atoms with Gasteiger partial charge in [0.05, 0.1) is 18.4 Å². The number of halogens is 1. The smallest absolute Gasteiger partial charge is 0.231 e. The molecule has 0 spiro atoms. The lowest BCUT2D eigenvalue weighted by Crippen LogP contribution is -1.95. The Kier molecular flexibility index (Phi) is 2.97. The molecule has 84 valence electrons. The van der Waals surface area contributed by atoms with Gasteiger partial charge in [-0.3, -0.25) is 0 Å². The Morgan fingerprint density at radius 1 is 1.35 bits per heavy atom. The van der Waals surface area contributed by atoms with Crippen LogP contribution >= 0.6 is 0 Å². The molecule has 4 nitrogen and oxygen atoms in total. The summed E-state index contributed by atoms with van der Waals surface area (Å²) in [7, 11) is 1.48. The molecule has 17 heavy (non-hydrogen) atoms. The summed E-state index contributed by atoms with van der Waals surface area (Å²) >= 11 is 0. The number of rotatable bonds is 2. The minimum Gasteiger partial charge on any atom is -0.481 e. The summed E-state index contributed by atoms with van der Waals surface area (Å²) < 4.78 is 18.4. The van der Waals surface area contributed by atoms with Crippen molar-refractivity contribution in [1.82, 2.24) is 9.97 Å². The molecule has 0 radical (unpaired) electrons. The van der Waals surface area contributed by atoms with Crippen molar-refractivity contribution < 1.29 is 9.13 Å². The van der Waals surface area contributed by atoms with Crippen LogP contribution in [0.5, 0.6) is 5.88 Å². The van der Waals surface area contributed by atoms with E-state index in [0.29, 0.717) is 17.1 Å². The number of aromatic nitrogens is 2. The lowest BCUT2D eigenvalue weighted by molar-refractivity contribution is 0.399. The first-order valence-corrected chi connectivity index (χ1v) is 4.82. The van der Waals surface area contributed by atoms with Crippen LogP contribution < -0.4 is 4.74 Å². The average molecular weight is 229 g/mol. The maximum Gasteiger partial charge on any atom is 0.231 e. The largest absolute Gasteiger partial charge is 0.481 e. The Bertz CT molecular complexity index is 593. The fourth-order valence-corrected chi connectivity index (χ4v) is 1.42. The molecular formula is C12H8FN3O. The van der Waals surface area contributed by atoms with Crippen molar-refractivity contribution in [1.29, 1.82) is 5.26 Å². The summed E-state index contributed by atoms with van der Waals surface area (Å²) in [5.74, 6) is -0.431. The molecule has 2 aromatic rings. The van der Waals surface area contributed by atoms with E-state index in [-0.39, 0.29) is 5.56 Å². The zero-order valence-electron chi connectivity index (χ0n) is 9.01. The molecule has 0 amide bonds. The predicted molar refractivity (Wildman–Crippen MR) is 58.7 cm³/mol. The monoisotopic (exact) mass is 229 g/mol. The molecule has 2 heterocycles. The summed E-state index contributed by atoms with van der Waals surface area (Å²) in [6, 6.07) is 8.08. The van der Waals surface area contributed by atoms with Crippen LogP contribution in [-0.4, -0.2) is 17.1 Å². The van der Waals surface area contributed by atoms with Gasteiger partial charge in [0.15, 0.2) is 0 Å². The summed E-state index contributed by atoms with van der Waals surface area (Å²) in [6.45, 7) is 0. The highest BCUT2D eigenvalue weighted by atomic mass is 19.1. The highest BCUT2D eigenvalue weighted by Crippen LogP contribution is 2.26. The van der Waals surface area contributed by atoms with Crippen LogP contribution in [0.2, 0.25) is 0 Å². The van der Waals surface area contributed by atoms with Crippen molar-refractivity contribution in [2.24, 2.45) is 0 Å². The summed E-state index contributed by atoms with van der Waals surface area (Å²) in [4.78, 5) is 7.71. The number of methoxy groups -OCH3 is 1. The standard InChI is InChI=1S/C12H8FN3O/c1-17-12-9(3-2-6-15-12)10-5-4-8(7-14)11(13)16-10/h2-6H,1H3. The van der Waals surface area contributed by atoms with Crippen LogP contribution in [0.3, 0.4) is 0 Å². The quantitative estimate of drug-likeness (QED) is 0.740. The number of nitriles is 1. The van der Waals surface area contributed by atoms with Gasteiger partial charge in [-0.1, -0.05) is 0 Å². The topological polar surface area (TPSA) is 58.8 Å². The van der Waals surface area contributed by atoms with E-state index in [0.717, 1.165) is 0 Å². The fourth-order valence-electron chi connectivity index (χ4n) is 1.42. The van der Waals surface area contributed by atoms with Crippen molar-refractivity contribution >= 4 is 0 Å². The van der Waals surface area contributed by atoms with Gasteiger partial charge >= 0.3 is 0 Å². The molecule has 0 aliphatic carbocycles. The second kappa shape index (κ2) is 4.58. The van der Waals surface area contributed by atoms with Crippen LogP contribution in [0.4, 0.5) is 4.39 Å². The minimum atomic E-state index is -0.795. The molecular weight excluding hydrogens is 221 g/mol. The highest BCUT2D eigenvalue weighted by molar-refractivity contribution is 5.65.